The molecule has 3 aromatic rings. The number of benzene rings is 2. The topological polar surface area (TPSA) is 62.3 Å². The number of nitrogens with zero attached hydrogens (tertiary/aromatic N) is 2. The zero-order chi connectivity index (χ0) is 21.3. The van der Waals surface area contributed by atoms with E-state index in [4.69, 9.17) is 0 Å². The number of amides is 2. The van der Waals surface area contributed by atoms with Crippen LogP contribution in [0.3, 0.4) is 0 Å². The second kappa shape index (κ2) is 7.95. The molecule has 0 unspecified atom stereocenters. The summed E-state index contributed by atoms with van der Waals surface area (Å²) in [5, 5.41) is 3.22. The fraction of sp³-hybridized carbons (Fsp3) is 0.160. The summed E-state index contributed by atoms with van der Waals surface area (Å²) in [5.74, 6) is -0.658. The number of pyridine rings is 1. The number of nitrogens with one attached hydrogen (secondary N) is 1. The van der Waals surface area contributed by atoms with Gasteiger partial charge < -0.3 is 5.32 Å². The normalized spacial score (nSPS) is 13.9. The van der Waals surface area contributed by atoms with Gasteiger partial charge in [-0.15, -0.1) is 0 Å². The van der Waals surface area contributed by atoms with Crippen molar-refractivity contribution in [1.29, 1.82) is 0 Å². The number of hydrogen-bond acceptors (Lipinski definition) is 4. The highest BCUT2D eigenvalue weighted by molar-refractivity contribution is 6.36. The Bertz CT molecular complexity index is 1170. The Labute approximate surface area is 176 Å². The molecule has 0 saturated heterocycles. The fourth-order valence-electron chi connectivity index (χ4n) is 3.70. The minimum Gasteiger partial charge on any atom is -0.350 e. The van der Waals surface area contributed by atoms with E-state index in [-0.39, 0.29) is 18.4 Å². The average molecular weight is 397 g/mol. The summed E-state index contributed by atoms with van der Waals surface area (Å²) in [6.45, 7) is 6.08. The van der Waals surface area contributed by atoms with Crippen molar-refractivity contribution in [3.05, 3.63) is 101 Å². The van der Waals surface area contributed by atoms with E-state index in [2.05, 4.69) is 10.3 Å². The lowest BCUT2D eigenvalue weighted by Gasteiger charge is -2.15. The van der Waals surface area contributed by atoms with Gasteiger partial charge in [0.25, 0.3) is 11.8 Å². The molecule has 5 nitrogen and oxygen atoms in total. The van der Waals surface area contributed by atoms with Gasteiger partial charge in [-0.25, -0.2) is 0 Å². The van der Waals surface area contributed by atoms with E-state index in [1.54, 1.807) is 12.3 Å². The summed E-state index contributed by atoms with van der Waals surface area (Å²) in [6, 6.07) is 19.1. The van der Waals surface area contributed by atoms with Crippen LogP contribution in [-0.2, 0) is 16.1 Å². The van der Waals surface area contributed by atoms with Crippen LogP contribution in [0.4, 0.5) is 5.69 Å². The molecule has 150 valence electrons. The van der Waals surface area contributed by atoms with Gasteiger partial charge in [0.15, 0.2) is 0 Å². The van der Waals surface area contributed by atoms with Crippen molar-refractivity contribution in [2.45, 2.75) is 27.3 Å². The molecule has 4 rings (SSSR count). The zero-order valence-electron chi connectivity index (χ0n) is 17.3. The molecule has 1 aromatic heterocycles. The Morgan fingerprint density at radius 2 is 1.67 bits per heavy atom. The Morgan fingerprint density at radius 3 is 2.37 bits per heavy atom. The summed E-state index contributed by atoms with van der Waals surface area (Å²) in [5.41, 5.74) is 6.02. The zero-order valence-corrected chi connectivity index (χ0v) is 17.3. The molecule has 5 heteroatoms. The monoisotopic (exact) mass is 397 g/mol. The van der Waals surface area contributed by atoms with Gasteiger partial charge in [0.1, 0.15) is 5.70 Å². The molecule has 1 aliphatic rings. The third-order valence-electron chi connectivity index (χ3n) is 5.15. The smallest absolute Gasteiger partial charge is 0.278 e. The van der Waals surface area contributed by atoms with Crippen LogP contribution in [-0.4, -0.2) is 21.7 Å². The van der Waals surface area contributed by atoms with Gasteiger partial charge in [0.2, 0.25) is 0 Å². The van der Waals surface area contributed by atoms with Crippen LogP contribution in [0.1, 0.15) is 27.9 Å². The van der Waals surface area contributed by atoms with Gasteiger partial charge in [-0.3, -0.25) is 19.5 Å². The summed E-state index contributed by atoms with van der Waals surface area (Å²) in [7, 11) is 0. The first-order chi connectivity index (χ1) is 14.4. The third-order valence-corrected chi connectivity index (χ3v) is 5.15. The molecule has 2 amide bonds. The predicted octanol–water partition coefficient (Wildman–Crippen LogP) is 4.40. The van der Waals surface area contributed by atoms with Crippen LogP contribution in [0.5, 0.6) is 0 Å². The molecular formula is C25H23N3O2. The maximum Gasteiger partial charge on any atom is 0.278 e. The van der Waals surface area contributed by atoms with E-state index in [1.807, 2.05) is 75.4 Å². The minimum absolute atomic E-state index is 0.131. The molecule has 0 spiro atoms. The van der Waals surface area contributed by atoms with Crippen molar-refractivity contribution in [2.75, 3.05) is 5.32 Å². The Morgan fingerprint density at radius 1 is 0.867 bits per heavy atom. The lowest BCUT2D eigenvalue weighted by Crippen LogP contribution is -2.32. The standard InChI is InChI=1S/C25H23N3O2/c1-16-7-6-9-19(14-16)27-23-22(21-11-10-17(2)13-18(21)3)24(29)28(25(23)30)15-20-8-4-5-12-26-20/h4-14,27H,15H2,1-3H3. The lowest BCUT2D eigenvalue weighted by atomic mass is 9.97. The van der Waals surface area contributed by atoms with Crippen molar-refractivity contribution in [3.8, 4) is 0 Å². The van der Waals surface area contributed by atoms with Crippen molar-refractivity contribution in [3.63, 3.8) is 0 Å². The van der Waals surface area contributed by atoms with Gasteiger partial charge in [0, 0.05) is 11.9 Å². The largest absolute Gasteiger partial charge is 0.350 e. The molecular weight excluding hydrogens is 374 g/mol. The van der Waals surface area contributed by atoms with Crippen LogP contribution in [0.2, 0.25) is 0 Å². The number of imide groups is 1. The Hall–Kier alpha value is -3.73. The van der Waals surface area contributed by atoms with Crippen molar-refractivity contribution in [2.24, 2.45) is 0 Å². The lowest BCUT2D eigenvalue weighted by molar-refractivity contribution is -0.137. The van der Waals surface area contributed by atoms with Gasteiger partial charge in [-0.1, -0.05) is 42.0 Å². The van der Waals surface area contributed by atoms with Crippen molar-refractivity contribution >= 4 is 23.1 Å². The number of carbonyl (C=O) groups excluding carboxylic acids is 2. The van der Waals surface area contributed by atoms with Crippen LogP contribution >= 0.6 is 0 Å². The van der Waals surface area contributed by atoms with Gasteiger partial charge in [-0.05, 0) is 61.7 Å². The first kappa shape index (κ1) is 19.6. The maximum atomic E-state index is 13.4. The summed E-state index contributed by atoms with van der Waals surface area (Å²) >= 11 is 0. The molecule has 0 saturated carbocycles. The fourth-order valence-corrected chi connectivity index (χ4v) is 3.70. The van der Waals surface area contributed by atoms with Crippen LogP contribution in [0.15, 0.2) is 72.6 Å². The first-order valence-corrected chi connectivity index (χ1v) is 9.86. The molecule has 0 fully saturated rings. The van der Waals surface area contributed by atoms with E-state index < -0.39 is 0 Å². The molecule has 1 aliphatic heterocycles. The van der Waals surface area contributed by atoms with Crippen molar-refractivity contribution in [1.82, 2.24) is 9.88 Å². The average Bonchev–Trinajstić information content (AvgIpc) is 2.93. The molecule has 30 heavy (non-hydrogen) atoms. The van der Waals surface area contributed by atoms with Crippen LogP contribution < -0.4 is 5.32 Å². The van der Waals surface area contributed by atoms with Gasteiger partial charge >= 0.3 is 0 Å². The number of aryl methyl sites for hydroxylation is 3. The molecule has 2 heterocycles. The molecule has 1 N–H and O–H groups in total. The number of carbonyl (C=O) groups is 2. The molecule has 0 radical (unpaired) electrons. The third kappa shape index (κ3) is 3.74. The highest BCUT2D eigenvalue weighted by Crippen LogP contribution is 2.33. The van der Waals surface area contributed by atoms with E-state index in [0.717, 1.165) is 27.9 Å². The maximum absolute atomic E-state index is 13.4. The van der Waals surface area contributed by atoms with Gasteiger partial charge in [-0.2, -0.15) is 0 Å². The minimum atomic E-state index is -0.345. The summed E-state index contributed by atoms with van der Waals surface area (Å²) in [4.78, 5) is 32.3. The van der Waals surface area contributed by atoms with E-state index in [1.165, 1.54) is 4.90 Å². The van der Waals surface area contributed by atoms with Crippen LogP contribution in [0.25, 0.3) is 5.57 Å². The summed E-state index contributed by atoms with van der Waals surface area (Å²) in [6.07, 6.45) is 1.66. The van der Waals surface area contributed by atoms with Crippen molar-refractivity contribution < 1.29 is 9.59 Å². The number of aromatic nitrogens is 1. The predicted molar refractivity (Wildman–Crippen MR) is 117 cm³/mol. The number of rotatable bonds is 5. The SMILES string of the molecule is Cc1cccc(NC2=C(c3ccc(C)cc3C)C(=O)N(Cc3ccccn3)C2=O)c1. The second-order valence-corrected chi connectivity index (χ2v) is 7.58. The van der Waals surface area contributed by atoms with E-state index in [0.29, 0.717) is 17.0 Å². The van der Waals surface area contributed by atoms with Gasteiger partial charge in [0.05, 0.1) is 17.8 Å². The highest BCUT2D eigenvalue weighted by atomic mass is 16.2. The molecule has 0 aliphatic carbocycles. The molecule has 2 aromatic carbocycles. The molecule has 0 atom stereocenters. The summed E-state index contributed by atoms with van der Waals surface area (Å²) < 4.78 is 0. The van der Waals surface area contributed by atoms with Crippen LogP contribution in [0, 0.1) is 20.8 Å². The Balaban J connectivity index is 1.79. The number of hydrogen-bond donors (Lipinski definition) is 1. The highest BCUT2D eigenvalue weighted by Gasteiger charge is 2.39. The molecule has 0 bridgehead atoms. The Kier molecular flexibility index (Phi) is 5.19. The van der Waals surface area contributed by atoms with E-state index >= 15 is 0 Å². The first-order valence-electron chi connectivity index (χ1n) is 9.86. The second-order valence-electron chi connectivity index (χ2n) is 7.58. The quantitative estimate of drug-likeness (QED) is 0.648. The van der Waals surface area contributed by atoms with E-state index in [9.17, 15) is 9.59 Å². The number of anilines is 1.